The van der Waals surface area contributed by atoms with E-state index in [4.69, 9.17) is 38.0 Å². The molecular formula is C28H34Cl2N8O. The Morgan fingerprint density at radius 3 is 2.41 bits per heavy atom. The molecular weight excluding hydrogens is 535 g/mol. The minimum absolute atomic E-state index is 0.254. The summed E-state index contributed by atoms with van der Waals surface area (Å²) < 4.78 is 7.44. The summed E-state index contributed by atoms with van der Waals surface area (Å²) >= 11 is 13.4. The van der Waals surface area contributed by atoms with Gasteiger partial charge < -0.3 is 20.3 Å². The summed E-state index contributed by atoms with van der Waals surface area (Å²) in [5, 5.41) is 13.2. The molecule has 1 aromatic carbocycles. The molecule has 1 unspecified atom stereocenters. The first-order valence-electron chi connectivity index (χ1n) is 13.3. The zero-order valence-corrected chi connectivity index (χ0v) is 24.2. The second kappa shape index (κ2) is 11.9. The minimum atomic E-state index is 0.254. The van der Waals surface area contributed by atoms with Gasteiger partial charge in [0.05, 0.1) is 27.9 Å². The molecule has 4 aromatic rings. The van der Waals surface area contributed by atoms with Crippen LogP contribution in [0.2, 0.25) is 10.0 Å². The normalized spacial score (nSPS) is 15.1. The first-order chi connectivity index (χ1) is 18.8. The Bertz CT molecular complexity index is 1410. The van der Waals surface area contributed by atoms with Crippen molar-refractivity contribution in [2.75, 3.05) is 36.5 Å². The summed E-state index contributed by atoms with van der Waals surface area (Å²) in [5.41, 5.74) is 3.91. The number of rotatable bonds is 9. The number of anilines is 2. The standard InChI is InChI=1S/C28H34Cl2N8O/c1-5-39-21-14-22(29)26(23(30)15-21)25-19(4)36-38-24(13-17(2)35-27(25)38)33-16-18(3)34-20-7-11-37(12-8-20)28-31-9-6-10-32-28/h6,9-10,13-15,18,20,33-34H,5,7-8,11-12,16H2,1-4H3. The molecule has 4 heterocycles. The molecule has 1 aliphatic heterocycles. The van der Waals surface area contributed by atoms with Gasteiger partial charge in [-0.15, -0.1) is 0 Å². The van der Waals surface area contributed by atoms with Crippen LogP contribution in [-0.4, -0.2) is 62.9 Å². The van der Waals surface area contributed by atoms with Crippen molar-refractivity contribution in [1.29, 1.82) is 0 Å². The smallest absolute Gasteiger partial charge is 0.225 e. The number of benzene rings is 1. The Morgan fingerprint density at radius 2 is 1.74 bits per heavy atom. The highest BCUT2D eigenvalue weighted by Gasteiger charge is 2.23. The quantitative estimate of drug-likeness (QED) is 0.271. The lowest BCUT2D eigenvalue weighted by Gasteiger charge is -2.34. The van der Waals surface area contributed by atoms with E-state index in [1.807, 2.05) is 37.4 Å². The van der Waals surface area contributed by atoms with Gasteiger partial charge in [-0.3, -0.25) is 0 Å². The number of hydrogen-bond donors (Lipinski definition) is 2. The number of piperidine rings is 1. The zero-order valence-electron chi connectivity index (χ0n) is 22.7. The van der Waals surface area contributed by atoms with Crippen LogP contribution >= 0.6 is 23.2 Å². The van der Waals surface area contributed by atoms with Crippen LogP contribution in [0.5, 0.6) is 5.75 Å². The fourth-order valence-electron chi connectivity index (χ4n) is 5.12. The third kappa shape index (κ3) is 6.05. The van der Waals surface area contributed by atoms with E-state index in [2.05, 4.69) is 32.4 Å². The average Bonchev–Trinajstić information content (AvgIpc) is 3.23. The molecule has 206 valence electrons. The van der Waals surface area contributed by atoms with Crippen molar-refractivity contribution in [1.82, 2.24) is 29.9 Å². The second-order valence-electron chi connectivity index (χ2n) is 9.93. The Balaban J connectivity index is 1.29. The van der Waals surface area contributed by atoms with E-state index in [1.165, 1.54) is 0 Å². The molecule has 1 aliphatic rings. The van der Waals surface area contributed by atoms with Gasteiger partial charge in [-0.25, -0.2) is 15.0 Å². The molecule has 5 rings (SSSR count). The molecule has 0 radical (unpaired) electrons. The van der Waals surface area contributed by atoms with Crippen LogP contribution < -0.4 is 20.3 Å². The Hall–Kier alpha value is -3.14. The van der Waals surface area contributed by atoms with Crippen LogP contribution in [0, 0.1) is 13.8 Å². The molecule has 0 bridgehead atoms. The zero-order chi connectivity index (χ0) is 27.5. The van der Waals surface area contributed by atoms with Gasteiger partial charge >= 0.3 is 0 Å². The van der Waals surface area contributed by atoms with Crippen LogP contribution in [0.25, 0.3) is 16.8 Å². The predicted octanol–water partition coefficient (Wildman–Crippen LogP) is 5.57. The number of aromatic nitrogens is 5. The Kier molecular flexibility index (Phi) is 8.40. The van der Waals surface area contributed by atoms with Gasteiger partial charge in [0.1, 0.15) is 11.6 Å². The number of ether oxygens (including phenoxy) is 1. The van der Waals surface area contributed by atoms with Gasteiger partial charge in [0.2, 0.25) is 5.95 Å². The van der Waals surface area contributed by atoms with Gasteiger partial charge in [-0.1, -0.05) is 23.2 Å². The van der Waals surface area contributed by atoms with E-state index in [0.717, 1.165) is 61.2 Å². The van der Waals surface area contributed by atoms with E-state index >= 15 is 0 Å². The molecule has 0 spiro atoms. The van der Waals surface area contributed by atoms with Crippen molar-refractivity contribution in [2.45, 2.75) is 52.6 Å². The summed E-state index contributed by atoms with van der Waals surface area (Å²) in [7, 11) is 0. The van der Waals surface area contributed by atoms with Crippen molar-refractivity contribution in [3.8, 4) is 16.9 Å². The molecule has 1 saturated heterocycles. The number of aryl methyl sites for hydroxylation is 2. The van der Waals surface area contributed by atoms with Crippen LogP contribution in [0.3, 0.4) is 0 Å². The third-order valence-electron chi connectivity index (χ3n) is 6.91. The van der Waals surface area contributed by atoms with Crippen molar-refractivity contribution in [3.63, 3.8) is 0 Å². The lowest BCUT2D eigenvalue weighted by atomic mass is 10.0. The molecule has 1 atom stereocenters. The van der Waals surface area contributed by atoms with Gasteiger partial charge in [0, 0.05) is 61.4 Å². The molecule has 3 aromatic heterocycles. The van der Waals surface area contributed by atoms with Crippen LogP contribution in [0.4, 0.5) is 11.8 Å². The van der Waals surface area contributed by atoms with E-state index in [0.29, 0.717) is 39.7 Å². The maximum absolute atomic E-state index is 6.69. The minimum Gasteiger partial charge on any atom is -0.494 e. The monoisotopic (exact) mass is 568 g/mol. The van der Waals surface area contributed by atoms with E-state index < -0.39 is 0 Å². The highest BCUT2D eigenvalue weighted by atomic mass is 35.5. The maximum atomic E-state index is 6.69. The number of nitrogens with zero attached hydrogens (tertiary/aromatic N) is 6. The first kappa shape index (κ1) is 27.4. The third-order valence-corrected chi connectivity index (χ3v) is 7.50. The molecule has 0 amide bonds. The molecule has 9 nitrogen and oxygen atoms in total. The Morgan fingerprint density at radius 1 is 1.05 bits per heavy atom. The second-order valence-corrected chi connectivity index (χ2v) is 10.7. The summed E-state index contributed by atoms with van der Waals surface area (Å²) in [4.78, 5) is 15.8. The fraction of sp³-hybridized carbons (Fsp3) is 0.429. The van der Waals surface area contributed by atoms with Crippen molar-refractivity contribution < 1.29 is 4.74 Å². The van der Waals surface area contributed by atoms with Gasteiger partial charge in [-0.05, 0) is 58.7 Å². The summed E-state index contributed by atoms with van der Waals surface area (Å²) in [5.74, 6) is 2.32. The average molecular weight is 570 g/mol. The largest absolute Gasteiger partial charge is 0.494 e. The molecule has 0 aliphatic carbocycles. The number of nitrogens with one attached hydrogen (secondary N) is 2. The van der Waals surface area contributed by atoms with E-state index in [9.17, 15) is 0 Å². The molecule has 39 heavy (non-hydrogen) atoms. The molecule has 11 heteroatoms. The van der Waals surface area contributed by atoms with Crippen LogP contribution in [0.15, 0.2) is 36.7 Å². The van der Waals surface area contributed by atoms with Crippen molar-refractivity contribution in [2.24, 2.45) is 0 Å². The highest BCUT2D eigenvalue weighted by Crippen LogP contribution is 2.41. The van der Waals surface area contributed by atoms with Gasteiger partial charge in [0.25, 0.3) is 0 Å². The van der Waals surface area contributed by atoms with Crippen LogP contribution in [-0.2, 0) is 0 Å². The summed E-state index contributed by atoms with van der Waals surface area (Å²) in [6.07, 6.45) is 5.69. The lowest BCUT2D eigenvalue weighted by molar-refractivity contribution is 0.340. The fourth-order valence-corrected chi connectivity index (χ4v) is 5.78. The summed E-state index contributed by atoms with van der Waals surface area (Å²) in [6.45, 7) is 11.2. The number of hydrogen-bond acceptors (Lipinski definition) is 8. The lowest BCUT2D eigenvalue weighted by Crippen LogP contribution is -2.47. The molecule has 0 saturated carbocycles. The van der Waals surface area contributed by atoms with Crippen LogP contribution in [0.1, 0.15) is 38.1 Å². The summed E-state index contributed by atoms with van der Waals surface area (Å²) in [6, 6.07) is 8.13. The predicted molar refractivity (Wildman–Crippen MR) is 157 cm³/mol. The van der Waals surface area contributed by atoms with Crippen molar-refractivity contribution >= 4 is 40.6 Å². The van der Waals surface area contributed by atoms with E-state index in [1.54, 1.807) is 24.5 Å². The topological polar surface area (TPSA) is 92.5 Å². The van der Waals surface area contributed by atoms with Gasteiger partial charge in [-0.2, -0.15) is 9.61 Å². The first-order valence-corrected chi connectivity index (χ1v) is 14.1. The molecule has 2 N–H and O–H groups in total. The Labute approximate surface area is 238 Å². The SMILES string of the molecule is CCOc1cc(Cl)c(-c2c(C)nn3c(NCC(C)NC4CCN(c5ncccn5)CC4)cc(C)nc23)c(Cl)c1. The highest BCUT2D eigenvalue weighted by molar-refractivity contribution is 6.39. The number of halogens is 2. The van der Waals surface area contributed by atoms with E-state index in [-0.39, 0.29) is 6.04 Å². The maximum Gasteiger partial charge on any atom is 0.225 e. The number of fused-ring (bicyclic) bond motifs is 1. The van der Waals surface area contributed by atoms with Gasteiger partial charge in [0.15, 0.2) is 5.65 Å². The van der Waals surface area contributed by atoms with Crippen molar-refractivity contribution in [3.05, 3.63) is 58.1 Å². The molecule has 1 fully saturated rings.